The Labute approximate surface area is 108 Å². The highest BCUT2D eigenvalue weighted by Crippen LogP contribution is 2.26. The lowest BCUT2D eigenvalue weighted by Gasteiger charge is -2.24. The van der Waals surface area contributed by atoms with Crippen molar-refractivity contribution in [3.8, 4) is 0 Å². The fourth-order valence-electron chi connectivity index (χ4n) is 1.50. The molecule has 1 aromatic heterocycles. The lowest BCUT2D eigenvalue weighted by atomic mass is 10.2. The average molecular weight is 254 g/mol. The quantitative estimate of drug-likeness (QED) is 0.876. The standard InChI is InChI=1S/C13H22N2OS/c1-9(2)14-8-13(16)15(5)11(4)12-7-6-10(3)17-12/h6-7,9,11,14H,8H2,1-5H3. The summed E-state index contributed by atoms with van der Waals surface area (Å²) in [6.45, 7) is 8.64. The van der Waals surface area contributed by atoms with E-state index in [9.17, 15) is 4.79 Å². The zero-order valence-electron chi connectivity index (χ0n) is 11.3. The first kappa shape index (κ1) is 14.2. The first-order valence-electron chi connectivity index (χ1n) is 5.97. The fourth-order valence-corrected chi connectivity index (χ4v) is 2.47. The number of thiophene rings is 1. The van der Waals surface area contributed by atoms with Crippen LogP contribution in [0.1, 0.15) is 36.6 Å². The van der Waals surface area contributed by atoms with Crippen molar-refractivity contribution in [3.63, 3.8) is 0 Å². The summed E-state index contributed by atoms with van der Waals surface area (Å²) in [4.78, 5) is 16.3. The van der Waals surface area contributed by atoms with E-state index in [1.165, 1.54) is 9.75 Å². The Kier molecular flexibility index (Phi) is 5.15. The summed E-state index contributed by atoms with van der Waals surface area (Å²) >= 11 is 1.75. The molecule has 17 heavy (non-hydrogen) atoms. The van der Waals surface area contributed by atoms with E-state index in [0.29, 0.717) is 12.6 Å². The topological polar surface area (TPSA) is 32.3 Å². The smallest absolute Gasteiger partial charge is 0.236 e. The van der Waals surface area contributed by atoms with E-state index in [2.05, 4.69) is 31.3 Å². The SMILES string of the molecule is Cc1ccc(C(C)N(C)C(=O)CNC(C)C)s1. The summed E-state index contributed by atoms with van der Waals surface area (Å²) in [6, 6.07) is 4.69. The minimum absolute atomic E-state index is 0.136. The van der Waals surface area contributed by atoms with E-state index in [1.54, 1.807) is 16.2 Å². The van der Waals surface area contributed by atoms with Crippen molar-refractivity contribution in [2.75, 3.05) is 13.6 Å². The van der Waals surface area contributed by atoms with E-state index < -0.39 is 0 Å². The Morgan fingerprint density at radius 1 is 1.41 bits per heavy atom. The van der Waals surface area contributed by atoms with Crippen LogP contribution in [0.2, 0.25) is 0 Å². The van der Waals surface area contributed by atoms with Gasteiger partial charge in [0, 0.05) is 22.8 Å². The number of carbonyl (C=O) groups is 1. The molecule has 96 valence electrons. The third-order valence-corrected chi connectivity index (χ3v) is 3.98. The minimum atomic E-state index is 0.136. The second-order valence-corrected chi connectivity index (χ2v) is 5.98. The van der Waals surface area contributed by atoms with Gasteiger partial charge < -0.3 is 10.2 Å². The van der Waals surface area contributed by atoms with Crippen LogP contribution in [0.3, 0.4) is 0 Å². The van der Waals surface area contributed by atoms with Crippen LogP contribution in [0.4, 0.5) is 0 Å². The molecule has 0 aliphatic heterocycles. The summed E-state index contributed by atoms with van der Waals surface area (Å²) in [6.07, 6.45) is 0. The number of nitrogens with zero attached hydrogens (tertiary/aromatic N) is 1. The number of amides is 1. The molecule has 0 aliphatic carbocycles. The molecule has 3 nitrogen and oxygen atoms in total. The number of nitrogens with one attached hydrogen (secondary N) is 1. The Morgan fingerprint density at radius 3 is 2.53 bits per heavy atom. The van der Waals surface area contributed by atoms with E-state index in [0.717, 1.165) is 0 Å². The molecule has 1 heterocycles. The predicted octanol–water partition coefficient (Wildman–Crippen LogP) is 2.57. The zero-order chi connectivity index (χ0) is 13.0. The molecule has 0 bridgehead atoms. The van der Waals surface area contributed by atoms with E-state index in [1.807, 2.05) is 20.9 Å². The normalized spacial score (nSPS) is 12.8. The van der Waals surface area contributed by atoms with Gasteiger partial charge in [-0.1, -0.05) is 13.8 Å². The highest BCUT2D eigenvalue weighted by atomic mass is 32.1. The molecule has 0 radical (unpaired) electrons. The van der Waals surface area contributed by atoms with Crippen LogP contribution in [0.5, 0.6) is 0 Å². The first-order chi connectivity index (χ1) is 7.91. The van der Waals surface area contributed by atoms with Crippen LogP contribution in [-0.2, 0) is 4.79 Å². The van der Waals surface area contributed by atoms with Crippen LogP contribution >= 0.6 is 11.3 Å². The van der Waals surface area contributed by atoms with Gasteiger partial charge in [0.15, 0.2) is 0 Å². The summed E-state index contributed by atoms with van der Waals surface area (Å²) in [5.74, 6) is 0.136. The molecule has 0 aromatic carbocycles. The monoisotopic (exact) mass is 254 g/mol. The molecule has 1 unspecified atom stereocenters. The fraction of sp³-hybridized carbons (Fsp3) is 0.615. The summed E-state index contributed by atoms with van der Waals surface area (Å²) in [5.41, 5.74) is 0. The van der Waals surface area contributed by atoms with Gasteiger partial charge in [-0.2, -0.15) is 0 Å². The second-order valence-electron chi connectivity index (χ2n) is 4.66. The number of hydrogen-bond donors (Lipinski definition) is 1. The van der Waals surface area contributed by atoms with Gasteiger partial charge in [-0.05, 0) is 26.0 Å². The number of hydrogen-bond acceptors (Lipinski definition) is 3. The molecule has 1 aromatic rings. The van der Waals surface area contributed by atoms with Crippen LogP contribution in [0, 0.1) is 6.92 Å². The Bertz CT molecular complexity index is 373. The van der Waals surface area contributed by atoms with Crippen molar-refractivity contribution in [1.82, 2.24) is 10.2 Å². The number of rotatable bonds is 5. The third-order valence-electron chi connectivity index (χ3n) is 2.81. The van der Waals surface area contributed by atoms with E-state index in [4.69, 9.17) is 0 Å². The van der Waals surface area contributed by atoms with Gasteiger partial charge in [-0.15, -0.1) is 11.3 Å². The van der Waals surface area contributed by atoms with Gasteiger partial charge in [-0.25, -0.2) is 0 Å². The number of aryl methyl sites for hydroxylation is 1. The molecule has 0 aliphatic rings. The van der Waals surface area contributed by atoms with Crippen molar-refractivity contribution in [2.45, 2.75) is 39.8 Å². The maximum atomic E-state index is 11.9. The summed E-state index contributed by atoms with van der Waals surface area (Å²) in [5, 5.41) is 3.15. The number of likely N-dealkylation sites (N-methyl/N-ethyl adjacent to an activating group) is 1. The predicted molar refractivity (Wildman–Crippen MR) is 73.4 cm³/mol. The van der Waals surface area contributed by atoms with Crippen LogP contribution in [0.15, 0.2) is 12.1 Å². The molecular weight excluding hydrogens is 232 g/mol. The van der Waals surface area contributed by atoms with Crippen molar-refractivity contribution >= 4 is 17.2 Å². The van der Waals surface area contributed by atoms with Gasteiger partial charge in [0.1, 0.15) is 0 Å². The van der Waals surface area contributed by atoms with Crippen molar-refractivity contribution in [2.24, 2.45) is 0 Å². The van der Waals surface area contributed by atoms with Gasteiger partial charge in [0.05, 0.1) is 12.6 Å². The number of carbonyl (C=O) groups excluding carboxylic acids is 1. The first-order valence-corrected chi connectivity index (χ1v) is 6.79. The largest absolute Gasteiger partial charge is 0.337 e. The third kappa shape index (κ3) is 4.13. The van der Waals surface area contributed by atoms with E-state index in [-0.39, 0.29) is 11.9 Å². The highest BCUT2D eigenvalue weighted by Gasteiger charge is 2.18. The molecule has 0 saturated carbocycles. The molecule has 1 amide bonds. The van der Waals surface area contributed by atoms with Gasteiger partial charge in [0.2, 0.25) is 5.91 Å². The molecule has 4 heteroatoms. The van der Waals surface area contributed by atoms with Gasteiger partial charge >= 0.3 is 0 Å². The molecule has 0 spiro atoms. The molecular formula is C13H22N2OS. The van der Waals surface area contributed by atoms with Crippen molar-refractivity contribution in [1.29, 1.82) is 0 Å². The molecule has 1 N–H and O–H groups in total. The minimum Gasteiger partial charge on any atom is -0.337 e. The average Bonchev–Trinajstić information content (AvgIpc) is 2.70. The molecule has 0 fully saturated rings. The van der Waals surface area contributed by atoms with Crippen molar-refractivity contribution in [3.05, 3.63) is 21.9 Å². The molecule has 1 rings (SSSR count). The molecule has 0 saturated heterocycles. The lowest BCUT2D eigenvalue weighted by molar-refractivity contribution is -0.130. The van der Waals surface area contributed by atoms with Crippen LogP contribution in [0.25, 0.3) is 0 Å². The summed E-state index contributed by atoms with van der Waals surface area (Å²) < 4.78 is 0. The maximum absolute atomic E-state index is 11.9. The van der Waals surface area contributed by atoms with Gasteiger partial charge in [-0.3, -0.25) is 4.79 Å². The Balaban J connectivity index is 2.57. The van der Waals surface area contributed by atoms with E-state index >= 15 is 0 Å². The zero-order valence-corrected chi connectivity index (χ0v) is 12.1. The Morgan fingerprint density at radius 2 is 2.06 bits per heavy atom. The second kappa shape index (κ2) is 6.17. The summed E-state index contributed by atoms with van der Waals surface area (Å²) in [7, 11) is 1.87. The van der Waals surface area contributed by atoms with Crippen LogP contribution in [-0.4, -0.2) is 30.4 Å². The highest BCUT2D eigenvalue weighted by molar-refractivity contribution is 7.12. The maximum Gasteiger partial charge on any atom is 0.236 e. The lowest BCUT2D eigenvalue weighted by Crippen LogP contribution is -2.39. The van der Waals surface area contributed by atoms with Crippen LogP contribution < -0.4 is 5.32 Å². The Hall–Kier alpha value is -0.870. The van der Waals surface area contributed by atoms with Gasteiger partial charge in [0.25, 0.3) is 0 Å². The van der Waals surface area contributed by atoms with Crippen molar-refractivity contribution < 1.29 is 4.79 Å². The molecule has 1 atom stereocenters.